The number of rotatable bonds is 12. The molecule has 0 fully saturated rings. The van der Waals surface area contributed by atoms with Crippen LogP contribution in [-0.4, -0.2) is 60.9 Å². The number of aliphatic hydroxyl groups is 2. The molecule has 0 aromatic heterocycles. The van der Waals surface area contributed by atoms with Gasteiger partial charge in [-0.05, 0) is 72.0 Å². The first kappa shape index (κ1) is 25.7. The van der Waals surface area contributed by atoms with E-state index in [-0.39, 0.29) is 0 Å². The maximum Gasteiger partial charge on any atom is 0.333 e. The molecule has 0 aliphatic heterocycles. The van der Waals surface area contributed by atoms with Gasteiger partial charge in [0.15, 0.2) is 16.6 Å². The van der Waals surface area contributed by atoms with E-state index in [9.17, 15) is 15.0 Å². The molecule has 0 bridgehead atoms. The predicted octanol–water partition coefficient (Wildman–Crippen LogP) is 2.92. The Labute approximate surface area is 162 Å². The van der Waals surface area contributed by atoms with E-state index in [1.807, 2.05) is 0 Å². The molecular formula is C17H38O6Si3. The Hall–Kier alpha value is -0.299. The number of carbonyl (C=O) groups excluding carboxylic acids is 1. The van der Waals surface area contributed by atoms with Crippen LogP contribution in [0.15, 0.2) is 11.6 Å². The minimum absolute atomic E-state index is 0.440. The van der Waals surface area contributed by atoms with Crippen LogP contribution in [0.4, 0.5) is 0 Å². The molecule has 0 aromatic carbocycles. The lowest BCUT2D eigenvalue weighted by Gasteiger charge is -2.31. The summed E-state index contributed by atoms with van der Waals surface area (Å²) < 4.78 is 17.9. The molecule has 0 aliphatic carbocycles. The molecule has 6 nitrogen and oxygen atoms in total. The highest BCUT2D eigenvalue weighted by Crippen LogP contribution is 2.19. The normalized spacial score (nSPS) is 15.9. The molecule has 0 amide bonds. The summed E-state index contributed by atoms with van der Waals surface area (Å²) in [6.07, 6.45) is 1.04. The number of esters is 1. The highest BCUT2D eigenvalue weighted by atomic mass is 28.4. The zero-order valence-electron chi connectivity index (χ0n) is 17.7. The summed E-state index contributed by atoms with van der Waals surface area (Å²) in [6, 6.07) is 0.795. The third kappa shape index (κ3) is 12.2. The van der Waals surface area contributed by atoms with Crippen LogP contribution >= 0.6 is 0 Å². The Bertz CT molecular complexity index is 440. The largest absolute Gasteiger partial charge is 0.456 e. The quantitative estimate of drug-likeness (QED) is 0.286. The average molecular weight is 423 g/mol. The molecule has 0 heterocycles. The fraction of sp³-hybridized carbons (Fsp3) is 0.824. The lowest BCUT2D eigenvalue weighted by molar-refractivity contribution is -0.152. The number of hydrogen-bond acceptors (Lipinski definition) is 6. The van der Waals surface area contributed by atoms with Crippen LogP contribution in [-0.2, 0) is 17.8 Å². The summed E-state index contributed by atoms with van der Waals surface area (Å²) in [5, 5.41) is 19.2. The lowest BCUT2D eigenvalue weighted by atomic mass is 10.1. The summed E-state index contributed by atoms with van der Waals surface area (Å²) >= 11 is 0. The zero-order chi connectivity index (χ0) is 20.5. The first-order valence-corrected chi connectivity index (χ1v) is 17.8. The first-order valence-electron chi connectivity index (χ1n) is 9.27. The fourth-order valence-corrected chi connectivity index (χ4v) is 10.7. The van der Waals surface area contributed by atoms with Gasteiger partial charge in [0.25, 0.3) is 0 Å². The topological polar surface area (TPSA) is 85.2 Å². The summed E-state index contributed by atoms with van der Waals surface area (Å²) in [5.74, 6) is -0.463. The number of hydrogen-bond donors (Lipinski definition) is 2. The summed E-state index contributed by atoms with van der Waals surface area (Å²) in [5.41, 5.74) is 0.483. The van der Waals surface area contributed by atoms with E-state index >= 15 is 0 Å². The summed E-state index contributed by atoms with van der Waals surface area (Å²) in [4.78, 5) is 12.0. The first-order chi connectivity index (χ1) is 11.8. The molecule has 0 spiro atoms. The number of allylic oxidation sites excluding steroid dienone is 1. The molecule has 2 unspecified atom stereocenters. The van der Waals surface area contributed by atoms with Gasteiger partial charge in [0, 0.05) is 5.57 Å². The van der Waals surface area contributed by atoms with Crippen LogP contribution in [0.5, 0.6) is 0 Å². The van der Waals surface area contributed by atoms with E-state index in [1.54, 1.807) is 19.9 Å². The van der Waals surface area contributed by atoms with E-state index in [1.165, 1.54) is 0 Å². The molecule has 0 aliphatic rings. The van der Waals surface area contributed by atoms with Gasteiger partial charge in [0.2, 0.25) is 0 Å². The lowest BCUT2D eigenvalue weighted by Crippen LogP contribution is -2.43. The smallest absolute Gasteiger partial charge is 0.333 e. The fourth-order valence-electron chi connectivity index (χ4n) is 2.21. The van der Waals surface area contributed by atoms with E-state index in [2.05, 4.69) is 39.3 Å². The number of ether oxygens (including phenoxy) is 1. The second-order valence-corrected chi connectivity index (χ2v) is 20.3. The molecule has 0 rings (SSSR count). The Morgan fingerprint density at radius 1 is 1.12 bits per heavy atom. The van der Waals surface area contributed by atoms with Crippen molar-refractivity contribution in [1.82, 2.24) is 0 Å². The number of carbonyl (C=O) groups is 1. The average Bonchev–Trinajstić information content (AvgIpc) is 2.48. The number of aliphatic hydroxyl groups excluding tert-OH is 2. The second kappa shape index (κ2) is 11.5. The van der Waals surface area contributed by atoms with E-state index in [4.69, 9.17) is 13.0 Å². The van der Waals surface area contributed by atoms with Gasteiger partial charge in [-0.2, -0.15) is 0 Å². The van der Waals surface area contributed by atoms with Crippen molar-refractivity contribution in [3.05, 3.63) is 11.6 Å². The van der Waals surface area contributed by atoms with Crippen molar-refractivity contribution in [3.63, 3.8) is 0 Å². The van der Waals surface area contributed by atoms with Gasteiger partial charge in [0.05, 0.1) is 6.61 Å². The van der Waals surface area contributed by atoms with Crippen molar-refractivity contribution in [2.24, 2.45) is 0 Å². The molecule has 0 radical (unpaired) electrons. The molecule has 154 valence electrons. The molecule has 2 atom stereocenters. The van der Waals surface area contributed by atoms with Crippen LogP contribution in [0.2, 0.25) is 45.3 Å². The zero-order valence-corrected chi connectivity index (χ0v) is 20.8. The van der Waals surface area contributed by atoms with Crippen molar-refractivity contribution in [3.8, 4) is 0 Å². The van der Waals surface area contributed by atoms with Crippen LogP contribution in [0.3, 0.4) is 0 Å². The van der Waals surface area contributed by atoms with Gasteiger partial charge >= 0.3 is 15.3 Å². The molecule has 2 N–H and O–H groups in total. The molecule has 9 heteroatoms. The van der Waals surface area contributed by atoms with Crippen molar-refractivity contribution in [2.75, 3.05) is 6.61 Å². The third-order valence-corrected chi connectivity index (χ3v) is 12.2. The Morgan fingerprint density at radius 2 is 1.62 bits per heavy atom. The van der Waals surface area contributed by atoms with Crippen molar-refractivity contribution < 1.29 is 28.0 Å². The van der Waals surface area contributed by atoms with Crippen LogP contribution < -0.4 is 0 Å². The Morgan fingerprint density at radius 3 is 2.00 bits per heavy atom. The van der Waals surface area contributed by atoms with Gasteiger partial charge in [-0.25, -0.2) is 4.79 Å². The SMILES string of the molecule is CC=C(C)C(=O)OC(CCC[SiH](O[Si](C)(C)C)O[Si](C)(C)C)C(O)CO. The van der Waals surface area contributed by atoms with Gasteiger partial charge in [0.1, 0.15) is 12.2 Å². The molecule has 0 saturated carbocycles. The van der Waals surface area contributed by atoms with Gasteiger partial charge in [-0.15, -0.1) is 0 Å². The molecule has 0 saturated heterocycles. The highest BCUT2D eigenvalue weighted by molar-refractivity contribution is 6.81. The molecule has 26 heavy (non-hydrogen) atoms. The van der Waals surface area contributed by atoms with Gasteiger partial charge in [-0.1, -0.05) is 6.08 Å². The van der Waals surface area contributed by atoms with Gasteiger partial charge in [-0.3, -0.25) is 0 Å². The maximum absolute atomic E-state index is 12.0. The van der Waals surface area contributed by atoms with E-state index in [0.29, 0.717) is 12.0 Å². The van der Waals surface area contributed by atoms with Crippen molar-refractivity contribution in [1.29, 1.82) is 0 Å². The third-order valence-electron chi connectivity index (χ3n) is 3.53. The van der Waals surface area contributed by atoms with Crippen molar-refractivity contribution >= 4 is 31.9 Å². The van der Waals surface area contributed by atoms with E-state index in [0.717, 1.165) is 12.5 Å². The van der Waals surface area contributed by atoms with Crippen LogP contribution in [0, 0.1) is 0 Å². The molecular weight excluding hydrogens is 384 g/mol. The van der Waals surface area contributed by atoms with Crippen molar-refractivity contribution in [2.45, 2.75) is 84.2 Å². The van der Waals surface area contributed by atoms with E-state index < -0.39 is 50.7 Å². The maximum atomic E-state index is 12.0. The molecule has 0 aromatic rings. The van der Waals surface area contributed by atoms with Crippen LogP contribution in [0.1, 0.15) is 26.7 Å². The van der Waals surface area contributed by atoms with Gasteiger partial charge < -0.3 is 23.2 Å². The standard InChI is InChI=1S/C17H38O6Si3/c1-9-14(2)17(20)21-16(15(19)13-18)11-10-12-24(22-25(3,4)5)23-26(6,7)8/h9,15-16,18-19,24H,10-13H2,1-8H3. The predicted molar refractivity (Wildman–Crippen MR) is 112 cm³/mol. The highest BCUT2D eigenvalue weighted by Gasteiger charge is 2.29. The second-order valence-electron chi connectivity index (χ2n) is 8.49. The minimum atomic E-state index is -1.82. The summed E-state index contributed by atoms with van der Waals surface area (Å²) in [6.45, 7) is 15.9. The Balaban J connectivity index is 4.83. The minimum Gasteiger partial charge on any atom is -0.456 e. The Kier molecular flexibility index (Phi) is 11.4. The van der Waals surface area contributed by atoms with Crippen LogP contribution in [0.25, 0.3) is 0 Å². The monoisotopic (exact) mass is 422 g/mol. The summed E-state index contributed by atoms with van der Waals surface area (Å²) in [7, 11) is -5.21.